The minimum atomic E-state index is -0.113. The number of hydrogen-bond acceptors (Lipinski definition) is 3. The van der Waals surface area contributed by atoms with E-state index in [0.717, 1.165) is 43.7 Å². The second-order valence-electron chi connectivity index (χ2n) is 4.92. The van der Waals surface area contributed by atoms with E-state index >= 15 is 0 Å². The molecular weight excluding hydrogens is 248 g/mol. The summed E-state index contributed by atoms with van der Waals surface area (Å²) in [4.78, 5) is 15.7. The van der Waals surface area contributed by atoms with Crippen LogP contribution >= 0.6 is 11.6 Å². The number of likely N-dealkylation sites (N-methyl/N-ethyl adjacent to an activating group) is 1. The van der Waals surface area contributed by atoms with Gasteiger partial charge in [-0.1, -0.05) is 18.5 Å². The summed E-state index contributed by atoms with van der Waals surface area (Å²) in [6.45, 7) is 6.01. The van der Waals surface area contributed by atoms with Crippen LogP contribution < -0.4 is 4.90 Å². The number of halogens is 1. The largest absolute Gasteiger partial charge is 0.369 e. The van der Waals surface area contributed by atoms with Gasteiger partial charge in [0.25, 0.3) is 0 Å². The molecule has 0 aromatic heterocycles. The molecular formula is C14H19ClN2O. The molecule has 0 spiro atoms. The van der Waals surface area contributed by atoms with E-state index in [4.69, 9.17) is 11.6 Å². The third-order valence-electron chi connectivity index (χ3n) is 3.53. The molecule has 0 bridgehead atoms. The number of aldehydes is 1. The van der Waals surface area contributed by atoms with Gasteiger partial charge in [0, 0.05) is 42.8 Å². The van der Waals surface area contributed by atoms with E-state index in [0.29, 0.717) is 5.02 Å². The zero-order valence-corrected chi connectivity index (χ0v) is 11.7. The summed E-state index contributed by atoms with van der Waals surface area (Å²) in [6.07, 6.45) is 0.977. The number of piperazine rings is 1. The number of carbonyl (C=O) groups excluding carboxylic acids is 1. The van der Waals surface area contributed by atoms with Gasteiger partial charge in [-0.25, -0.2) is 0 Å². The van der Waals surface area contributed by atoms with Gasteiger partial charge in [0.15, 0.2) is 0 Å². The maximum atomic E-state index is 11.0. The third-order valence-corrected chi connectivity index (χ3v) is 3.76. The molecule has 1 fully saturated rings. The first-order valence-electron chi connectivity index (χ1n) is 6.30. The van der Waals surface area contributed by atoms with Gasteiger partial charge >= 0.3 is 0 Å². The molecule has 0 N–H and O–H groups in total. The van der Waals surface area contributed by atoms with Gasteiger partial charge in [-0.3, -0.25) is 0 Å². The highest BCUT2D eigenvalue weighted by Crippen LogP contribution is 2.30. The minimum absolute atomic E-state index is 0.113. The minimum Gasteiger partial charge on any atom is -0.369 e. The molecule has 1 aromatic carbocycles. The molecule has 0 aliphatic carbocycles. The maximum absolute atomic E-state index is 11.0. The fourth-order valence-electron chi connectivity index (χ4n) is 2.30. The topological polar surface area (TPSA) is 23.6 Å². The molecule has 3 nitrogen and oxygen atoms in total. The molecule has 1 saturated heterocycles. The van der Waals surface area contributed by atoms with Crippen molar-refractivity contribution < 1.29 is 4.79 Å². The first-order valence-corrected chi connectivity index (χ1v) is 6.68. The van der Waals surface area contributed by atoms with E-state index < -0.39 is 0 Å². The van der Waals surface area contributed by atoms with Crippen LogP contribution in [-0.4, -0.2) is 44.4 Å². The lowest BCUT2D eigenvalue weighted by Crippen LogP contribution is -2.44. The van der Waals surface area contributed by atoms with Gasteiger partial charge in [-0.2, -0.15) is 0 Å². The highest BCUT2D eigenvalue weighted by Gasteiger charge is 2.19. The second-order valence-corrected chi connectivity index (χ2v) is 5.35. The van der Waals surface area contributed by atoms with Gasteiger partial charge in [0.05, 0.1) is 0 Å². The van der Waals surface area contributed by atoms with Crippen molar-refractivity contribution in [3.05, 3.63) is 28.8 Å². The number of nitrogens with zero attached hydrogens (tertiary/aromatic N) is 2. The van der Waals surface area contributed by atoms with Crippen LogP contribution in [0.1, 0.15) is 18.4 Å². The van der Waals surface area contributed by atoms with E-state index in [1.807, 2.05) is 25.1 Å². The molecule has 98 valence electrons. The second kappa shape index (κ2) is 5.72. The number of hydrogen-bond donors (Lipinski definition) is 0. The number of anilines is 1. The van der Waals surface area contributed by atoms with Crippen LogP contribution in [0.15, 0.2) is 18.2 Å². The highest BCUT2D eigenvalue weighted by molar-refractivity contribution is 6.30. The van der Waals surface area contributed by atoms with Crippen molar-refractivity contribution in [1.82, 2.24) is 4.90 Å². The van der Waals surface area contributed by atoms with Crippen LogP contribution in [-0.2, 0) is 4.79 Å². The molecule has 0 amide bonds. The van der Waals surface area contributed by atoms with Gasteiger partial charge < -0.3 is 14.6 Å². The predicted molar refractivity (Wildman–Crippen MR) is 75.6 cm³/mol. The molecule has 0 saturated carbocycles. The molecule has 18 heavy (non-hydrogen) atoms. The molecule has 1 heterocycles. The Bertz CT molecular complexity index is 428. The smallest absolute Gasteiger partial charge is 0.127 e. The number of carbonyl (C=O) groups is 1. The fourth-order valence-corrected chi connectivity index (χ4v) is 2.48. The summed E-state index contributed by atoms with van der Waals surface area (Å²) in [5.74, 6) is -0.113. The van der Waals surface area contributed by atoms with Crippen LogP contribution in [0.3, 0.4) is 0 Å². The van der Waals surface area contributed by atoms with Crippen molar-refractivity contribution in [3.8, 4) is 0 Å². The van der Waals surface area contributed by atoms with Crippen LogP contribution in [0.5, 0.6) is 0 Å². The van der Waals surface area contributed by atoms with Crippen molar-refractivity contribution in [2.75, 3.05) is 38.1 Å². The lowest BCUT2D eigenvalue weighted by molar-refractivity contribution is -0.108. The Kier molecular flexibility index (Phi) is 4.25. The zero-order valence-electron chi connectivity index (χ0n) is 10.9. The molecule has 2 rings (SSSR count). The summed E-state index contributed by atoms with van der Waals surface area (Å²) >= 11 is 6.04. The first-order chi connectivity index (χ1) is 8.61. The standard InChI is InChI=1S/C14H19ClN2O/c1-11(10-18)13-9-12(15)3-4-14(13)17-7-5-16(2)6-8-17/h3-4,9-11H,5-8H2,1-2H3. The average Bonchev–Trinajstić information content (AvgIpc) is 2.39. The lowest BCUT2D eigenvalue weighted by Gasteiger charge is -2.35. The Balaban J connectivity index is 2.29. The molecule has 1 aromatic rings. The van der Waals surface area contributed by atoms with Crippen LogP contribution in [0.25, 0.3) is 0 Å². The van der Waals surface area contributed by atoms with Gasteiger partial charge in [-0.05, 0) is 30.8 Å². The molecule has 0 radical (unpaired) electrons. The van der Waals surface area contributed by atoms with Gasteiger partial charge in [0.1, 0.15) is 6.29 Å². The fraction of sp³-hybridized carbons (Fsp3) is 0.500. The predicted octanol–water partition coefficient (Wildman–Crippen LogP) is 2.39. The summed E-state index contributed by atoms with van der Waals surface area (Å²) in [7, 11) is 2.13. The molecule has 1 unspecified atom stereocenters. The van der Waals surface area contributed by atoms with E-state index in [1.165, 1.54) is 0 Å². The average molecular weight is 267 g/mol. The Morgan fingerprint density at radius 3 is 2.56 bits per heavy atom. The van der Waals surface area contributed by atoms with Crippen LogP contribution in [0.2, 0.25) is 5.02 Å². The van der Waals surface area contributed by atoms with Crippen molar-refractivity contribution in [1.29, 1.82) is 0 Å². The Morgan fingerprint density at radius 2 is 1.94 bits per heavy atom. The molecule has 1 aliphatic rings. The highest BCUT2D eigenvalue weighted by atomic mass is 35.5. The van der Waals surface area contributed by atoms with Gasteiger partial charge in [-0.15, -0.1) is 0 Å². The van der Waals surface area contributed by atoms with Crippen molar-refractivity contribution in [2.45, 2.75) is 12.8 Å². The normalized spacial score (nSPS) is 18.7. The Hall–Kier alpha value is -1.06. The Labute approximate surface area is 113 Å². The van der Waals surface area contributed by atoms with Crippen LogP contribution in [0.4, 0.5) is 5.69 Å². The molecule has 1 atom stereocenters. The molecule has 4 heteroatoms. The summed E-state index contributed by atoms with van der Waals surface area (Å²) < 4.78 is 0. The third kappa shape index (κ3) is 2.85. The van der Waals surface area contributed by atoms with E-state index in [1.54, 1.807) is 0 Å². The number of benzene rings is 1. The summed E-state index contributed by atoms with van der Waals surface area (Å²) in [5.41, 5.74) is 2.18. The lowest BCUT2D eigenvalue weighted by atomic mass is 9.99. The quantitative estimate of drug-likeness (QED) is 0.785. The SMILES string of the molecule is CC(C=O)c1cc(Cl)ccc1N1CCN(C)CC1. The van der Waals surface area contributed by atoms with E-state index in [-0.39, 0.29) is 5.92 Å². The summed E-state index contributed by atoms with van der Waals surface area (Å²) in [6, 6.07) is 5.84. The monoisotopic (exact) mass is 266 g/mol. The van der Waals surface area contributed by atoms with Crippen molar-refractivity contribution in [2.24, 2.45) is 0 Å². The van der Waals surface area contributed by atoms with Gasteiger partial charge in [0.2, 0.25) is 0 Å². The summed E-state index contributed by atoms with van der Waals surface area (Å²) in [5, 5.41) is 0.691. The van der Waals surface area contributed by atoms with E-state index in [9.17, 15) is 4.79 Å². The van der Waals surface area contributed by atoms with Crippen LogP contribution in [0, 0.1) is 0 Å². The maximum Gasteiger partial charge on any atom is 0.127 e. The van der Waals surface area contributed by atoms with Crippen molar-refractivity contribution in [3.63, 3.8) is 0 Å². The van der Waals surface area contributed by atoms with E-state index in [2.05, 4.69) is 16.8 Å². The molecule has 1 aliphatic heterocycles. The Morgan fingerprint density at radius 1 is 1.28 bits per heavy atom. The zero-order chi connectivity index (χ0) is 13.1. The first kappa shape index (κ1) is 13.4. The number of rotatable bonds is 3. The van der Waals surface area contributed by atoms with Crippen molar-refractivity contribution >= 4 is 23.6 Å².